The van der Waals surface area contributed by atoms with Crippen LogP contribution in [-0.2, 0) is 17.9 Å². The number of carbonyl (C=O) groups excluding carboxylic acids is 1. The lowest BCUT2D eigenvalue weighted by molar-refractivity contribution is -0.132. The summed E-state index contributed by atoms with van der Waals surface area (Å²) < 4.78 is 1.89. The van der Waals surface area contributed by atoms with Crippen molar-refractivity contribution >= 4 is 5.91 Å². The summed E-state index contributed by atoms with van der Waals surface area (Å²) in [6.45, 7) is 6.08. The van der Waals surface area contributed by atoms with Crippen molar-refractivity contribution in [2.45, 2.75) is 32.9 Å². The molecule has 3 rings (SSSR count). The van der Waals surface area contributed by atoms with Gasteiger partial charge in [0.05, 0.1) is 6.54 Å². The van der Waals surface area contributed by atoms with E-state index in [0.29, 0.717) is 19.0 Å². The van der Waals surface area contributed by atoms with Crippen molar-refractivity contribution in [3.8, 4) is 0 Å². The van der Waals surface area contributed by atoms with Crippen molar-refractivity contribution < 1.29 is 4.79 Å². The lowest BCUT2D eigenvalue weighted by Crippen LogP contribution is -2.43. The molecule has 1 saturated heterocycles. The van der Waals surface area contributed by atoms with Crippen LogP contribution in [0.3, 0.4) is 0 Å². The molecule has 0 unspecified atom stereocenters. The second-order valence-corrected chi connectivity index (χ2v) is 7.04. The van der Waals surface area contributed by atoms with Crippen LogP contribution < -0.4 is 0 Å². The summed E-state index contributed by atoms with van der Waals surface area (Å²) in [5.74, 6) is 0.717. The molecule has 0 aliphatic carbocycles. The molecule has 1 aliphatic rings. The predicted molar refractivity (Wildman–Crippen MR) is 96.8 cm³/mol. The van der Waals surface area contributed by atoms with E-state index in [2.05, 4.69) is 34.0 Å². The van der Waals surface area contributed by atoms with Crippen LogP contribution in [0.1, 0.15) is 24.0 Å². The number of rotatable bonds is 6. The van der Waals surface area contributed by atoms with Crippen LogP contribution in [0.4, 0.5) is 0 Å². The summed E-state index contributed by atoms with van der Waals surface area (Å²) in [4.78, 5) is 20.7. The van der Waals surface area contributed by atoms with Gasteiger partial charge in [0.1, 0.15) is 12.7 Å². The number of likely N-dealkylation sites (tertiary alicyclic amines) is 1. The number of piperidine rings is 1. The maximum Gasteiger partial charge on any atom is 0.236 e. The summed E-state index contributed by atoms with van der Waals surface area (Å²) in [5.41, 5.74) is 2.44. The Bertz CT molecular complexity index is 685. The number of nitrogens with zero attached hydrogens (tertiary/aromatic N) is 5. The van der Waals surface area contributed by atoms with Crippen molar-refractivity contribution in [3.05, 3.63) is 48.0 Å². The number of aromatic nitrogens is 3. The first-order valence-corrected chi connectivity index (χ1v) is 8.95. The van der Waals surface area contributed by atoms with Gasteiger partial charge in [-0.3, -0.25) is 14.4 Å². The van der Waals surface area contributed by atoms with Crippen molar-refractivity contribution in [1.29, 1.82) is 0 Å². The Balaban J connectivity index is 1.50. The Morgan fingerprint density at radius 2 is 2.20 bits per heavy atom. The van der Waals surface area contributed by atoms with E-state index in [1.54, 1.807) is 12.7 Å². The number of hydrogen-bond donors (Lipinski definition) is 0. The molecule has 2 heterocycles. The van der Waals surface area contributed by atoms with Gasteiger partial charge in [0.2, 0.25) is 5.91 Å². The summed E-state index contributed by atoms with van der Waals surface area (Å²) in [6.07, 6.45) is 5.66. The van der Waals surface area contributed by atoms with E-state index in [1.165, 1.54) is 17.5 Å². The van der Waals surface area contributed by atoms with E-state index >= 15 is 0 Å². The Hall–Kier alpha value is -2.21. The van der Waals surface area contributed by atoms with Gasteiger partial charge in [-0.25, -0.2) is 4.98 Å². The largest absolute Gasteiger partial charge is 0.340 e. The Morgan fingerprint density at radius 1 is 1.36 bits per heavy atom. The first-order chi connectivity index (χ1) is 12.1. The molecular formula is C19H27N5O. The topological polar surface area (TPSA) is 54.3 Å². The quantitative estimate of drug-likeness (QED) is 0.806. The smallest absolute Gasteiger partial charge is 0.236 e. The lowest BCUT2D eigenvalue weighted by atomic mass is 9.98. The van der Waals surface area contributed by atoms with Crippen LogP contribution in [0.25, 0.3) is 0 Å². The minimum absolute atomic E-state index is 0.185. The average Bonchev–Trinajstić information content (AvgIpc) is 3.10. The van der Waals surface area contributed by atoms with Crippen LogP contribution in [-0.4, -0.2) is 57.2 Å². The number of aryl methyl sites for hydroxylation is 1. The molecule has 1 aromatic carbocycles. The molecule has 1 aliphatic heterocycles. The van der Waals surface area contributed by atoms with Crippen LogP contribution >= 0.6 is 0 Å². The zero-order valence-corrected chi connectivity index (χ0v) is 15.1. The molecule has 0 radical (unpaired) electrons. The maximum atomic E-state index is 12.6. The van der Waals surface area contributed by atoms with Crippen LogP contribution in [0.2, 0.25) is 0 Å². The highest BCUT2D eigenvalue weighted by atomic mass is 16.2. The predicted octanol–water partition coefficient (Wildman–Crippen LogP) is 1.96. The van der Waals surface area contributed by atoms with Gasteiger partial charge in [0, 0.05) is 26.7 Å². The van der Waals surface area contributed by atoms with Gasteiger partial charge in [-0.1, -0.05) is 24.3 Å². The summed E-state index contributed by atoms with van der Waals surface area (Å²) >= 11 is 0. The molecule has 0 bridgehead atoms. The van der Waals surface area contributed by atoms with Crippen molar-refractivity contribution in [2.24, 2.45) is 5.92 Å². The Kier molecular flexibility index (Phi) is 5.81. The number of hydrogen-bond acceptors (Lipinski definition) is 4. The molecule has 134 valence electrons. The minimum Gasteiger partial charge on any atom is -0.340 e. The normalized spacial score (nSPS) is 18.2. The van der Waals surface area contributed by atoms with Gasteiger partial charge in [-0.2, -0.15) is 5.10 Å². The van der Waals surface area contributed by atoms with E-state index in [-0.39, 0.29) is 5.91 Å². The fourth-order valence-electron chi connectivity index (χ4n) is 3.48. The lowest BCUT2D eigenvalue weighted by Gasteiger charge is -2.33. The van der Waals surface area contributed by atoms with Gasteiger partial charge in [0.25, 0.3) is 0 Å². The van der Waals surface area contributed by atoms with Crippen molar-refractivity contribution in [2.75, 3.05) is 26.7 Å². The molecule has 1 aromatic heterocycles. The Morgan fingerprint density at radius 3 is 2.96 bits per heavy atom. The van der Waals surface area contributed by atoms with E-state index < -0.39 is 0 Å². The first kappa shape index (κ1) is 17.6. The van der Waals surface area contributed by atoms with Gasteiger partial charge in [-0.05, 0) is 43.4 Å². The minimum atomic E-state index is 0.185. The third kappa shape index (κ3) is 4.89. The van der Waals surface area contributed by atoms with Crippen LogP contribution in [0.15, 0.2) is 36.9 Å². The third-order valence-corrected chi connectivity index (χ3v) is 4.97. The van der Waals surface area contributed by atoms with Crippen molar-refractivity contribution in [3.63, 3.8) is 0 Å². The molecule has 1 amide bonds. The number of likely N-dealkylation sites (N-methyl/N-ethyl adjacent to an activating group) is 1. The molecule has 2 aromatic rings. The van der Waals surface area contributed by atoms with Gasteiger partial charge >= 0.3 is 0 Å². The monoisotopic (exact) mass is 341 g/mol. The molecule has 0 spiro atoms. The van der Waals surface area contributed by atoms with E-state index in [9.17, 15) is 4.79 Å². The first-order valence-electron chi connectivity index (χ1n) is 8.95. The molecule has 1 fully saturated rings. The van der Waals surface area contributed by atoms with Crippen molar-refractivity contribution in [1.82, 2.24) is 24.6 Å². The van der Waals surface area contributed by atoms with Crippen LogP contribution in [0.5, 0.6) is 0 Å². The molecule has 1 atom stereocenters. The van der Waals surface area contributed by atoms with Crippen LogP contribution in [0, 0.1) is 12.8 Å². The standard InChI is InChI=1S/C19H27N5O/c1-16-6-3-4-8-18(16)12-22(2)19(25)13-23-9-5-7-17(10-23)11-24-15-20-14-21-24/h3-4,6,8,14-15,17H,5,7,9-13H2,1-2H3/t17-/m0/s1. The third-order valence-electron chi connectivity index (χ3n) is 4.97. The molecular weight excluding hydrogens is 314 g/mol. The molecule has 6 nitrogen and oxygen atoms in total. The highest BCUT2D eigenvalue weighted by molar-refractivity contribution is 5.78. The number of carbonyl (C=O) groups is 1. The van der Waals surface area contributed by atoms with Gasteiger partial charge in [0.15, 0.2) is 0 Å². The Labute approximate surface area is 149 Å². The van der Waals surface area contributed by atoms with E-state index in [1.807, 2.05) is 28.8 Å². The van der Waals surface area contributed by atoms with E-state index in [4.69, 9.17) is 0 Å². The molecule has 0 saturated carbocycles. The molecule has 0 N–H and O–H groups in total. The zero-order chi connectivity index (χ0) is 17.6. The maximum absolute atomic E-state index is 12.6. The average molecular weight is 341 g/mol. The highest BCUT2D eigenvalue weighted by Crippen LogP contribution is 2.18. The van der Waals surface area contributed by atoms with Gasteiger partial charge in [-0.15, -0.1) is 0 Å². The number of amides is 1. The fraction of sp³-hybridized carbons (Fsp3) is 0.526. The zero-order valence-electron chi connectivity index (χ0n) is 15.1. The number of benzene rings is 1. The molecule has 25 heavy (non-hydrogen) atoms. The summed E-state index contributed by atoms with van der Waals surface area (Å²) in [7, 11) is 1.89. The second-order valence-electron chi connectivity index (χ2n) is 7.04. The highest BCUT2D eigenvalue weighted by Gasteiger charge is 2.23. The fourth-order valence-corrected chi connectivity index (χ4v) is 3.48. The summed E-state index contributed by atoms with van der Waals surface area (Å²) in [6, 6.07) is 8.24. The van der Waals surface area contributed by atoms with Gasteiger partial charge < -0.3 is 4.90 Å². The molecule has 6 heteroatoms. The second kappa shape index (κ2) is 8.25. The van der Waals surface area contributed by atoms with E-state index in [0.717, 1.165) is 26.1 Å². The summed E-state index contributed by atoms with van der Waals surface area (Å²) in [5, 5.41) is 4.19. The SMILES string of the molecule is Cc1ccccc1CN(C)C(=O)CN1CCC[C@H](Cn2cncn2)C1.